The first-order chi connectivity index (χ1) is 9.10. The molecule has 0 saturated heterocycles. The van der Waals surface area contributed by atoms with E-state index in [9.17, 15) is 4.79 Å². The number of benzene rings is 1. The highest BCUT2D eigenvalue weighted by Gasteiger charge is 2.31. The van der Waals surface area contributed by atoms with E-state index < -0.39 is 0 Å². The summed E-state index contributed by atoms with van der Waals surface area (Å²) in [6.07, 6.45) is 2.39. The van der Waals surface area contributed by atoms with E-state index in [1.165, 1.54) is 18.4 Å². The van der Waals surface area contributed by atoms with E-state index in [0.29, 0.717) is 18.2 Å². The maximum atomic E-state index is 11.9. The summed E-state index contributed by atoms with van der Waals surface area (Å²) >= 11 is 5.01. The molecule has 1 aliphatic carbocycles. The molecular weight excluding hydrogens is 324 g/mol. The summed E-state index contributed by atoms with van der Waals surface area (Å²) in [7, 11) is 0. The lowest BCUT2D eigenvalue weighted by molar-refractivity contribution is -0.119. The third-order valence-corrected chi connectivity index (χ3v) is 4.96. The van der Waals surface area contributed by atoms with Gasteiger partial charge in [-0.3, -0.25) is 4.79 Å². The molecule has 1 aromatic carbocycles. The molecule has 1 atom stereocenters. The standard InChI is InChI=1S/C14H19BrN2OS/c1-9-6-11(15)4-5-13(9)19-8-14(18)17-12(7-16)10-2-3-10/h4-6,10,12H,2-3,7-8,16H2,1H3,(H,17,18). The summed E-state index contributed by atoms with van der Waals surface area (Å²) in [6, 6.07) is 6.27. The van der Waals surface area contributed by atoms with Crippen LogP contribution in [0.25, 0.3) is 0 Å². The number of halogens is 1. The zero-order chi connectivity index (χ0) is 13.8. The van der Waals surface area contributed by atoms with Gasteiger partial charge in [0.05, 0.1) is 5.75 Å². The van der Waals surface area contributed by atoms with Gasteiger partial charge in [-0.2, -0.15) is 0 Å². The Balaban J connectivity index is 1.82. The van der Waals surface area contributed by atoms with E-state index in [4.69, 9.17) is 5.73 Å². The van der Waals surface area contributed by atoms with Crippen molar-refractivity contribution in [2.45, 2.75) is 30.7 Å². The van der Waals surface area contributed by atoms with Crippen LogP contribution in [0.15, 0.2) is 27.6 Å². The minimum Gasteiger partial charge on any atom is -0.351 e. The van der Waals surface area contributed by atoms with Crippen LogP contribution in [0.3, 0.4) is 0 Å². The highest BCUT2D eigenvalue weighted by molar-refractivity contribution is 9.10. The van der Waals surface area contributed by atoms with E-state index in [-0.39, 0.29) is 11.9 Å². The Kier molecular flexibility index (Phi) is 5.30. The number of hydrogen-bond donors (Lipinski definition) is 2. The monoisotopic (exact) mass is 342 g/mol. The lowest BCUT2D eigenvalue weighted by Gasteiger charge is -2.16. The van der Waals surface area contributed by atoms with Gasteiger partial charge in [-0.05, 0) is 49.4 Å². The van der Waals surface area contributed by atoms with Gasteiger partial charge in [0.15, 0.2) is 0 Å². The van der Waals surface area contributed by atoms with Crippen LogP contribution in [0.5, 0.6) is 0 Å². The Morgan fingerprint density at radius 2 is 2.32 bits per heavy atom. The van der Waals surface area contributed by atoms with Gasteiger partial charge in [0, 0.05) is 22.0 Å². The zero-order valence-corrected chi connectivity index (χ0v) is 13.4. The molecule has 104 valence electrons. The van der Waals surface area contributed by atoms with Gasteiger partial charge in [-0.1, -0.05) is 15.9 Å². The molecule has 1 aliphatic rings. The number of nitrogens with one attached hydrogen (secondary N) is 1. The fourth-order valence-electron chi connectivity index (χ4n) is 2.03. The van der Waals surface area contributed by atoms with Crippen LogP contribution in [0.2, 0.25) is 0 Å². The number of rotatable bonds is 6. The smallest absolute Gasteiger partial charge is 0.230 e. The third kappa shape index (κ3) is 4.51. The molecule has 5 heteroatoms. The van der Waals surface area contributed by atoms with Crippen LogP contribution in [0.4, 0.5) is 0 Å². The van der Waals surface area contributed by atoms with Gasteiger partial charge in [-0.25, -0.2) is 0 Å². The Morgan fingerprint density at radius 3 is 2.89 bits per heavy atom. The molecule has 0 bridgehead atoms. The topological polar surface area (TPSA) is 55.1 Å². The Bertz CT molecular complexity index is 463. The lowest BCUT2D eigenvalue weighted by Crippen LogP contribution is -2.42. The average Bonchev–Trinajstić information content (AvgIpc) is 3.19. The number of amides is 1. The van der Waals surface area contributed by atoms with Gasteiger partial charge in [-0.15, -0.1) is 11.8 Å². The number of thioether (sulfide) groups is 1. The second-order valence-electron chi connectivity index (χ2n) is 4.95. The van der Waals surface area contributed by atoms with Crippen molar-refractivity contribution in [3.63, 3.8) is 0 Å². The van der Waals surface area contributed by atoms with Crippen molar-refractivity contribution >= 4 is 33.6 Å². The minimum atomic E-state index is 0.0784. The van der Waals surface area contributed by atoms with E-state index in [0.717, 1.165) is 9.37 Å². The summed E-state index contributed by atoms with van der Waals surface area (Å²) in [4.78, 5) is 13.0. The first-order valence-electron chi connectivity index (χ1n) is 6.48. The maximum Gasteiger partial charge on any atom is 0.230 e. The van der Waals surface area contributed by atoms with Crippen molar-refractivity contribution in [3.8, 4) is 0 Å². The second kappa shape index (κ2) is 6.77. The second-order valence-corrected chi connectivity index (χ2v) is 6.88. The third-order valence-electron chi connectivity index (χ3n) is 3.29. The Hall–Kier alpha value is -0.520. The highest BCUT2D eigenvalue weighted by atomic mass is 79.9. The molecule has 3 N–H and O–H groups in total. The summed E-state index contributed by atoms with van der Waals surface area (Å²) in [5, 5.41) is 3.04. The Labute approximate surface area is 126 Å². The van der Waals surface area contributed by atoms with Crippen molar-refractivity contribution < 1.29 is 4.79 Å². The molecule has 0 radical (unpaired) electrons. The highest BCUT2D eigenvalue weighted by Crippen LogP contribution is 2.32. The summed E-state index contributed by atoms with van der Waals surface area (Å²) in [6.45, 7) is 2.59. The predicted molar refractivity (Wildman–Crippen MR) is 83.3 cm³/mol. The molecule has 19 heavy (non-hydrogen) atoms. The summed E-state index contributed by atoms with van der Waals surface area (Å²) in [5.74, 6) is 1.13. The van der Waals surface area contributed by atoms with Crippen LogP contribution in [0.1, 0.15) is 18.4 Å². The van der Waals surface area contributed by atoms with Gasteiger partial charge < -0.3 is 11.1 Å². The first-order valence-corrected chi connectivity index (χ1v) is 8.26. The summed E-state index contributed by atoms with van der Waals surface area (Å²) < 4.78 is 1.07. The van der Waals surface area contributed by atoms with Crippen LogP contribution >= 0.6 is 27.7 Å². The zero-order valence-electron chi connectivity index (χ0n) is 11.0. The van der Waals surface area contributed by atoms with Crippen LogP contribution < -0.4 is 11.1 Å². The number of carbonyl (C=O) groups is 1. The normalized spacial score (nSPS) is 16.2. The van der Waals surface area contributed by atoms with E-state index in [1.54, 1.807) is 11.8 Å². The van der Waals surface area contributed by atoms with Crippen molar-refractivity contribution in [2.75, 3.05) is 12.3 Å². The predicted octanol–water partition coefficient (Wildman–Crippen LogP) is 2.70. The fourth-order valence-corrected chi connectivity index (χ4v) is 3.33. The van der Waals surface area contributed by atoms with E-state index in [2.05, 4.69) is 34.2 Å². The molecule has 1 unspecified atom stereocenters. The molecule has 2 rings (SSSR count). The van der Waals surface area contributed by atoms with E-state index >= 15 is 0 Å². The van der Waals surface area contributed by atoms with Crippen molar-refractivity contribution in [2.24, 2.45) is 11.7 Å². The molecule has 1 aromatic rings. The van der Waals surface area contributed by atoms with Gasteiger partial charge >= 0.3 is 0 Å². The minimum absolute atomic E-state index is 0.0784. The van der Waals surface area contributed by atoms with Gasteiger partial charge in [0.25, 0.3) is 0 Å². The first kappa shape index (κ1) is 14.9. The molecule has 0 heterocycles. The SMILES string of the molecule is Cc1cc(Br)ccc1SCC(=O)NC(CN)C1CC1. The quantitative estimate of drug-likeness (QED) is 0.781. The molecule has 1 amide bonds. The number of carbonyl (C=O) groups excluding carboxylic acids is 1. The maximum absolute atomic E-state index is 11.9. The Morgan fingerprint density at radius 1 is 1.58 bits per heavy atom. The largest absolute Gasteiger partial charge is 0.351 e. The molecule has 0 aromatic heterocycles. The molecular formula is C14H19BrN2OS. The van der Waals surface area contributed by atoms with Gasteiger partial charge in [0.2, 0.25) is 5.91 Å². The molecule has 1 saturated carbocycles. The van der Waals surface area contributed by atoms with Crippen LogP contribution in [-0.4, -0.2) is 24.2 Å². The van der Waals surface area contributed by atoms with Crippen molar-refractivity contribution in [1.82, 2.24) is 5.32 Å². The molecule has 1 fully saturated rings. The molecule has 3 nitrogen and oxygen atoms in total. The van der Waals surface area contributed by atoms with Gasteiger partial charge in [0.1, 0.15) is 0 Å². The fraction of sp³-hybridized carbons (Fsp3) is 0.500. The number of hydrogen-bond acceptors (Lipinski definition) is 3. The average molecular weight is 343 g/mol. The number of nitrogens with two attached hydrogens (primary N) is 1. The number of aryl methyl sites for hydroxylation is 1. The van der Waals surface area contributed by atoms with Crippen molar-refractivity contribution in [1.29, 1.82) is 0 Å². The van der Waals surface area contributed by atoms with Crippen molar-refractivity contribution in [3.05, 3.63) is 28.2 Å². The lowest BCUT2D eigenvalue weighted by atomic mass is 10.2. The molecule has 0 aliphatic heterocycles. The summed E-state index contributed by atoms with van der Waals surface area (Å²) in [5.41, 5.74) is 6.87. The van der Waals surface area contributed by atoms with E-state index in [1.807, 2.05) is 12.1 Å². The van der Waals surface area contributed by atoms with Crippen LogP contribution in [-0.2, 0) is 4.79 Å². The molecule has 0 spiro atoms. The van der Waals surface area contributed by atoms with Crippen LogP contribution in [0, 0.1) is 12.8 Å².